The average Bonchev–Trinajstić information content (AvgIpc) is 2.88. The van der Waals surface area contributed by atoms with Crippen LogP contribution in [0.4, 0.5) is 0 Å². The Kier molecular flexibility index (Phi) is 11.3. The van der Waals surface area contributed by atoms with Gasteiger partial charge in [0.05, 0.1) is 32.5 Å². The Bertz CT molecular complexity index is 837. The number of benzene rings is 1. The maximum Gasteiger partial charge on any atom is 0.186 e. The summed E-state index contributed by atoms with van der Waals surface area (Å²) >= 11 is 0. The van der Waals surface area contributed by atoms with E-state index in [1.54, 1.807) is 6.07 Å². The molecule has 0 bridgehead atoms. The summed E-state index contributed by atoms with van der Waals surface area (Å²) in [6.45, 7) is 3.16. The van der Waals surface area contributed by atoms with Crippen LogP contribution in [0, 0.1) is 13.8 Å². The monoisotopic (exact) mass is 534 g/mol. The molecule has 13 heteroatoms. The Balaban J connectivity index is 1.44. The van der Waals surface area contributed by atoms with Crippen LogP contribution in [-0.4, -0.2) is 131 Å². The first-order chi connectivity index (χ1) is 17.7. The minimum atomic E-state index is -1.52. The Hall–Kier alpha value is -1.62. The molecule has 5 unspecified atom stereocenters. The van der Waals surface area contributed by atoms with Crippen LogP contribution in [0.5, 0.6) is 11.5 Å². The summed E-state index contributed by atoms with van der Waals surface area (Å²) in [6, 6.07) is 3.61. The van der Waals surface area contributed by atoms with Gasteiger partial charge in [0, 0.05) is 12.5 Å². The number of ether oxygens (including phenoxy) is 6. The van der Waals surface area contributed by atoms with Gasteiger partial charge in [-0.2, -0.15) is 0 Å². The molecule has 1 aromatic rings. The number of hydrogen-bond acceptors (Lipinski definition) is 13. The molecule has 37 heavy (non-hydrogen) atoms. The molecule has 0 aromatic heterocycles. The van der Waals surface area contributed by atoms with Gasteiger partial charge in [-0.25, -0.2) is 0 Å². The molecule has 3 rings (SSSR count). The van der Waals surface area contributed by atoms with Gasteiger partial charge in [0.1, 0.15) is 61.3 Å². The van der Waals surface area contributed by atoms with E-state index in [9.17, 15) is 35.7 Å². The Labute approximate surface area is 214 Å². The third-order valence-electron chi connectivity index (χ3n) is 6.30. The highest BCUT2D eigenvalue weighted by molar-refractivity contribution is 5.45. The molecule has 0 saturated carbocycles. The Morgan fingerprint density at radius 2 is 1.27 bits per heavy atom. The molecule has 0 radical (unpaired) electrons. The zero-order valence-corrected chi connectivity index (χ0v) is 20.9. The molecule has 2 saturated heterocycles. The summed E-state index contributed by atoms with van der Waals surface area (Å²) in [6.07, 6.45) is -10.6. The van der Waals surface area contributed by atoms with Gasteiger partial charge < -0.3 is 64.2 Å². The van der Waals surface area contributed by atoms with Crippen molar-refractivity contribution in [3.63, 3.8) is 0 Å². The van der Waals surface area contributed by atoms with Crippen molar-refractivity contribution in [3.05, 3.63) is 23.3 Å². The number of hydrogen-bond donors (Lipinski definition) is 7. The van der Waals surface area contributed by atoms with Crippen LogP contribution in [-0.2, 0) is 18.9 Å². The van der Waals surface area contributed by atoms with Crippen molar-refractivity contribution in [3.8, 4) is 11.5 Å². The van der Waals surface area contributed by atoms with E-state index in [2.05, 4.69) is 0 Å². The standard InChI is InChI=1S/C24H38O13/c1-12-7-13(2)16(33-4-6-35-24-23(31)22(30)21(29)18(11-26)37-24)9-15(12)32-3-5-34-19-8-14(27)20(28)17(10-25)36-19/h7,9,14,17-31H,3-6,8,10-11H2,1-2H3/t14?,17?,18?,19-,20+,21-,22?,23?,24-/m1/s1. The lowest BCUT2D eigenvalue weighted by atomic mass is 9.99. The Morgan fingerprint density at radius 1 is 0.703 bits per heavy atom. The molecule has 212 valence electrons. The molecule has 0 spiro atoms. The number of aliphatic hydroxyl groups excluding tert-OH is 7. The van der Waals surface area contributed by atoms with Gasteiger partial charge >= 0.3 is 0 Å². The molecule has 7 N–H and O–H groups in total. The van der Waals surface area contributed by atoms with E-state index < -0.39 is 68.5 Å². The topological polar surface area (TPSA) is 197 Å². The fourth-order valence-corrected chi connectivity index (χ4v) is 4.15. The zero-order valence-electron chi connectivity index (χ0n) is 20.9. The van der Waals surface area contributed by atoms with Crippen LogP contribution in [0.1, 0.15) is 17.5 Å². The van der Waals surface area contributed by atoms with E-state index in [0.29, 0.717) is 11.5 Å². The van der Waals surface area contributed by atoms with Crippen LogP contribution in [0.2, 0.25) is 0 Å². The van der Waals surface area contributed by atoms with Crippen LogP contribution < -0.4 is 9.47 Å². The van der Waals surface area contributed by atoms with E-state index in [4.69, 9.17) is 28.4 Å². The van der Waals surface area contributed by atoms with Crippen molar-refractivity contribution < 1.29 is 64.2 Å². The summed E-state index contributed by atoms with van der Waals surface area (Å²) < 4.78 is 33.3. The smallest absolute Gasteiger partial charge is 0.186 e. The van der Waals surface area contributed by atoms with E-state index >= 15 is 0 Å². The lowest BCUT2D eigenvalue weighted by Crippen LogP contribution is -2.59. The molecular weight excluding hydrogens is 496 g/mol. The summed E-state index contributed by atoms with van der Waals surface area (Å²) in [5.74, 6) is 1.10. The van der Waals surface area contributed by atoms with Gasteiger partial charge in [-0.1, -0.05) is 0 Å². The van der Waals surface area contributed by atoms with Gasteiger partial charge in [0.25, 0.3) is 0 Å². The number of rotatable bonds is 12. The van der Waals surface area contributed by atoms with E-state index in [1.165, 1.54) is 0 Å². The maximum atomic E-state index is 10.0. The summed E-state index contributed by atoms with van der Waals surface area (Å²) in [5, 5.41) is 67.9. The van der Waals surface area contributed by atoms with Gasteiger partial charge in [-0.3, -0.25) is 0 Å². The highest BCUT2D eigenvalue weighted by atomic mass is 16.7. The quantitative estimate of drug-likeness (QED) is 0.142. The third kappa shape index (κ3) is 7.71. The average molecular weight is 535 g/mol. The predicted molar refractivity (Wildman–Crippen MR) is 125 cm³/mol. The van der Waals surface area contributed by atoms with E-state index in [1.807, 2.05) is 19.9 Å². The molecule has 2 aliphatic heterocycles. The van der Waals surface area contributed by atoms with Crippen LogP contribution >= 0.6 is 0 Å². The second-order valence-electron chi connectivity index (χ2n) is 9.10. The van der Waals surface area contributed by atoms with Crippen molar-refractivity contribution in [1.29, 1.82) is 0 Å². The fraction of sp³-hybridized carbons (Fsp3) is 0.750. The maximum absolute atomic E-state index is 10.0. The molecule has 2 heterocycles. The van der Waals surface area contributed by atoms with Crippen LogP contribution in [0.3, 0.4) is 0 Å². The molecule has 0 aliphatic carbocycles. The van der Waals surface area contributed by atoms with Crippen LogP contribution in [0.15, 0.2) is 12.1 Å². The second-order valence-corrected chi connectivity index (χ2v) is 9.10. The molecule has 2 fully saturated rings. The molecule has 1 aromatic carbocycles. The first-order valence-corrected chi connectivity index (χ1v) is 12.2. The van der Waals surface area contributed by atoms with Crippen molar-refractivity contribution in [2.24, 2.45) is 0 Å². The number of aryl methyl sites for hydroxylation is 2. The SMILES string of the molecule is Cc1cc(C)c(OCCO[C@@H]2OC(CO)[C@@H](O)C(O)C2O)cc1OCCO[C@H]1CC(O)[C@H](O)C(CO)O1. The molecular formula is C24H38O13. The van der Waals surface area contributed by atoms with Crippen LogP contribution in [0.25, 0.3) is 0 Å². The van der Waals surface area contributed by atoms with Crippen molar-refractivity contribution in [2.75, 3.05) is 39.6 Å². The number of aliphatic hydroxyl groups is 7. The largest absolute Gasteiger partial charge is 0.491 e. The summed E-state index contributed by atoms with van der Waals surface area (Å²) in [4.78, 5) is 0. The molecule has 0 amide bonds. The summed E-state index contributed by atoms with van der Waals surface area (Å²) in [7, 11) is 0. The highest BCUT2D eigenvalue weighted by Gasteiger charge is 2.44. The molecule has 2 aliphatic rings. The molecule has 9 atom stereocenters. The normalized spacial score (nSPS) is 34.4. The van der Waals surface area contributed by atoms with Gasteiger partial charge in [0.2, 0.25) is 0 Å². The first-order valence-electron chi connectivity index (χ1n) is 12.2. The fourth-order valence-electron chi connectivity index (χ4n) is 4.15. The Morgan fingerprint density at radius 3 is 1.86 bits per heavy atom. The van der Waals surface area contributed by atoms with Crippen molar-refractivity contribution in [2.45, 2.75) is 75.6 Å². The van der Waals surface area contributed by atoms with Crippen molar-refractivity contribution >= 4 is 0 Å². The predicted octanol–water partition coefficient (Wildman–Crippen LogP) is -2.28. The minimum Gasteiger partial charge on any atom is -0.491 e. The zero-order chi connectivity index (χ0) is 27.1. The summed E-state index contributed by atoms with van der Waals surface area (Å²) in [5.41, 5.74) is 1.72. The van der Waals surface area contributed by atoms with E-state index in [0.717, 1.165) is 11.1 Å². The second kappa shape index (κ2) is 14.0. The lowest BCUT2D eigenvalue weighted by molar-refractivity contribution is -0.301. The van der Waals surface area contributed by atoms with Gasteiger partial charge in [-0.05, 0) is 31.0 Å². The van der Waals surface area contributed by atoms with Gasteiger partial charge in [0.15, 0.2) is 12.6 Å². The van der Waals surface area contributed by atoms with Gasteiger partial charge in [-0.15, -0.1) is 0 Å². The minimum absolute atomic E-state index is 0.00317. The van der Waals surface area contributed by atoms with E-state index in [-0.39, 0.29) is 32.8 Å². The molecule has 13 nitrogen and oxygen atoms in total. The first kappa shape index (κ1) is 29.9. The third-order valence-corrected chi connectivity index (χ3v) is 6.30. The van der Waals surface area contributed by atoms with Crippen molar-refractivity contribution in [1.82, 2.24) is 0 Å². The highest BCUT2D eigenvalue weighted by Crippen LogP contribution is 2.29. The lowest BCUT2D eigenvalue weighted by Gasteiger charge is -2.39.